The number of methoxy groups -OCH3 is 2. The first-order valence-electron chi connectivity index (χ1n) is 9.24. The third-order valence-electron chi connectivity index (χ3n) is 4.99. The number of H-pyrrole nitrogens is 1. The molecule has 7 heteroatoms. The molecule has 0 radical (unpaired) electrons. The molecular weight excluding hydrogens is 368 g/mol. The van der Waals surface area contributed by atoms with Crippen molar-refractivity contribution in [3.63, 3.8) is 0 Å². The molecule has 0 aliphatic rings. The SMILES string of the molecule is COc1cc2cc(Cc3ccc(-n4cc(C)c(C)n4)nc3)[nH]c(=O)c2cc1OC. The highest BCUT2D eigenvalue weighted by atomic mass is 16.5. The first-order valence-corrected chi connectivity index (χ1v) is 9.24. The van der Waals surface area contributed by atoms with Crippen LogP contribution in [0, 0.1) is 13.8 Å². The van der Waals surface area contributed by atoms with Gasteiger partial charge >= 0.3 is 0 Å². The number of benzene rings is 1. The Morgan fingerprint density at radius 2 is 1.83 bits per heavy atom. The van der Waals surface area contributed by atoms with Gasteiger partial charge in [-0.1, -0.05) is 6.07 Å². The zero-order valence-corrected chi connectivity index (χ0v) is 16.8. The molecule has 0 unspecified atom stereocenters. The predicted molar refractivity (Wildman–Crippen MR) is 111 cm³/mol. The number of pyridine rings is 2. The Morgan fingerprint density at radius 1 is 1.07 bits per heavy atom. The predicted octanol–water partition coefficient (Wildman–Crippen LogP) is 3.33. The van der Waals surface area contributed by atoms with E-state index in [0.717, 1.165) is 33.7 Å². The summed E-state index contributed by atoms with van der Waals surface area (Å²) in [6.07, 6.45) is 4.32. The van der Waals surface area contributed by atoms with Crippen molar-refractivity contribution in [2.45, 2.75) is 20.3 Å². The van der Waals surface area contributed by atoms with Gasteiger partial charge in [0.2, 0.25) is 0 Å². The first-order chi connectivity index (χ1) is 14.0. The van der Waals surface area contributed by atoms with Gasteiger partial charge in [0.1, 0.15) is 0 Å². The van der Waals surface area contributed by atoms with Gasteiger partial charge in [0.15, 0.2) is 17.3 Å². The van der Waals surface area contributed by atoms with Crippen molar-refractivity contribution in [3.05, 3.63) is 75.6 Å². The number of hydrogen-bond donors (Lipinski definition) is 1. The van der Waals surface area contributed by atoms with E-state index >= 15 is 0 Å². The molecule has 4 rings (SSSR count). The van der Waals surface area contributed by atoms with Gasteiger partial charge in [-0.15, -0.1) is 0 Å². The van der Waals surface area contributed by atoms with Gasteiger partial charge in [-0.2, -0.15) is 5.10 Å². The van der Waals surface area contributed by atoms with E-state index in [-0.39, 0.29) is 5.56 Å². The fourth-order valence-corrected chi connectivity index (χ4v) is 3.28. The van der Waals surface area contributed by atoms with Crippen LogP contribution in [-0.4, -0.2) is 34.0 Å². The van der Waals surface area contributed by atoms with Gasteiger partial charge < -0.3 is 14.5 Å². The standard InChI is InChI=1S/C22H22N4O3/c1-13-12-26(25-14(13)2)21-6-5-15(11-23-21)7-17-8-16-9-19(28-3)20(29-4)10-18(16)22(27)24-17/h5-6,8-12H,7H2,1-4H3,(H,24,27). The lowest BCUT2D eigenvalue weighted by atomic mass is 10.1. The molecule has 0 atom stereocenters. The Hall–Kier alpha value is -3.61. The summed E-state index contributed by atoms with van der Waals surface area (Å²) < 4.78 is 12.4. The molecule has 3 heterocycles. The average Bonchev–Trinajstić information content (AvgIpc) is 3.06. The number of aromatic nitrogens is 4. The van der Waals surface area contributed by atoms with Crippen LogP contribution in [-0.2, 0) is 6.42 Å². The van der Waals surface area contributed by atoms with E-state index < -0.39 is 0 Å². The highest BCUT2D eigenvalue weighted by molar-refractivity contribution is 5.85. The molecule has 0 spiro atoms. The normalized spacial score (nSPS) is 11.0. The van der Waals surface area contributed by atoms with Crippen molar-refractivity contribution in [2.24, 2.45) is 0 Å². The van der Waals surface area contributed by atoms with Crippen molar-refractivity contribution < 1.29 is 9.47 Å². The second kappa shape index (κ2) is 7.43. The van der Waals surface area contributed by atoms with Crippen LogP contribution in [0.5, 0.6) is 11.5 Å². The van der Waals surface area contributed by atoms with Crippen molar-refractivity contribution in [1.82, 2.24) is 19.7 Å². The Morgan fingerprint density at radius 3 is 2.45 bits per heavy atom. The topological polar surface area (TPSA) is 82.0 Å². The van der Waals surface area contributed by atoms with Crippen LogP contribution >= 0.6 is 0 Å². The van der Waals surface area contributed by atoms with Crippen molar-refractivity contribution in [3.8, 4) is 17.3 Å². The van der Waals surface area contributed by atoms with Gasteiger partial charge in [-0.05, 0) is 54.6 Å². The fraction of sp³-hybridized carbons (Fsp3) is 0.227. The van der Waals surface area contributed by atoms with E-state index in [9.17, 15) is 4.79 Å². The minimum Gasteiger partial charge on any atom is -0.493 e. The number of fused-ring (bicyclic) bond motifs is 1. The molecule has 148 valence electrons. The largest absolute Gasteiger partial charge is 0.493 e. The first kappa shape index (κ1) is 18.7. The number of nitrogens with zero attached hydrogens (tertiary/aromatic N) is 3. The van der Waals surface area contributed by atoms with Crippen molar-refractivity contribution >= 4 is 10.8 Å². The molecule has 0 fully saturated rings. The molecule has 1 N–H and O–H groups in total. The zero-order chi connectivity index (χ0) is 20.5. The molecule has 1 aromatic carbocycles. The second-order valence-electron chi connectivity index (χ2n) is 6.96. The Labute approximate surface area is 167 Å². The summed E-state index contributed by atoms with van der Waals surface area (Å²) in [5.74, 6) is 1.88. The third-order valence-corrected chi connectivity index (χ3v) is 4.99. The summed E-state index contributed by atoms with van der Waals surface area (Å²) in [6, 6.07) is 9.38. The van der Waals surface area contributed by atoms with E-state index in [4.69, 9.17) is 9.47 Å². The molecule has 3 aromatic heterocycles. The molecular formula is C22H22N4O3. The summed E-state index contributed by atoms with van der Waals surface area (Å²) in [5, 5.41) is 5.81. The molecule has 29 heavy (non-hydrogen) atoms. The molecule has 7 nitrogen and oxygen atoms in total. The summed E-state index contributed by atoms with van der Waals surface area (Å²) in [5.41, 5.74) is 3.73. The number of ether oxygens (including phenoxy) is 2. The van der Waals surface area contributed by atoms with E-state index in [2.05, 4.69) is 15.1 Å². The maximum atomic E-state index is 12.6. The number of aryl methyl sites for hydroxylation is 2. The van der Waals surface area contributed by atoms with Crippen LogP contribution in [0.15, 0.2) is 47.5 Å². The van der Waals surface area contributed by atoms with Crippen LogP contribution in [0.4, 0.5) is 0 Å². The summed E-state index contributed by atoms with van der Waals surface area (Å²) >= 11 is 0. The van der Waals surface area contributed by atoms with Gasteiger partial charge in [0.05, 0.1) is 25.3 Å². The molecule has 0 saturated heterocycles. The highest BCUT2D eigenvalue weighted by Crippen LogP contribution is 2.31. The summed E-state index contributed by atoms with van der Waals surface area (Å²) in [4.78, 5) is 20.0. The summed E-state index contributed by atoms with van der Waals surface area (Å²) in [6.45, 7) is 3.99. The lowest BCUT2D eigenvalue weighted by Gasteiger charge is -2.10. The van der Waals surface area contributed by atoms with E-state index in [1.807, 2.05) is 44.3 Å². The van der Waals surface area contributed by atoms with Crippen molar-refractivity contribution in [1.29, 1.82) is 0 Å². The van der Waals surface area contributed by atoms with E-state index in [1.54, 1.807) is 31.2 Å². The summed E-state index contributed by atoms with van der Waals surface area (Å²) in [7, 11) is 3.13. The van der Waals surface area contributed by atoms with Gasteiger partial charge in [0, 0.05) is 24.5 Å². The van der Waals surface area contributed by atoms with E-state index in [0.29, 0.717) is 23.3 Å². The molecule has 0 aliphatic heterocycles. The van der Waals surface area contributed by atoms with Crippen LogP contribution in [0.2, 0.25) is 0 Å². The van der Waals surface area contributed by atoms with Crippen molar-refractivity contribution in [2.75, 3.05) is 14.2 Å². The third kappa shape index (κ3) is 3.59. The minimum absolute atomic E-state index is 0.162. The maximum absolute atomic E-state index is 12.6. The Kier molecular flexibility index (Phi) is 4.80. The fourth-order valence-electron chi connectivity index (χ4n) is 3.28. The van der Waals surface area contributed by atoms with Crippen LogP contribution in [0.25, 0.3) is 16.6 Å². The number of rotatable bonds is 5. The molecule has 0 saturated carbocycles. The second-order valence-corrected chi connectivity index (χ2v) is 6.96. The molecule has 0 bridgehead atoms. The van der Waals surface area contributed by atoms with E-state index in [1.165, 1.54) is 0 Å². The Bertz CT molecular complexity index is 1220. The zero-order valence-electron chi connectivity index (χ0n) is 16.8. The van der Waals surface area contributed by atoms with Crippen LogP contribution in [0.1, 0.15) is 22.5 Å². The molecule has 4 aromatic rings. The van der Waals surface area contributed by atoms with Gasteiger partial charge in [-0.3, -0.25) is 4.79 Å². The number of hydrogen-bond acceptors (Lipinski definition) is 5. The number of aromatic amines is 1. The van der Waals surface area contributed by atoms with Gasteiger partial charge in [-0.25, -0.2) is 9.67 Å². The minimum atomic E-state index is -0.162. The van der Waals surface area contributed by atoms with Crippen LogP contribution in [0.3, 0.4) is 0 Å². The Balaban J connectivity index is 1.64. The lowest BCUT2D eigenvalue weighted by Crippen LogP contribution is -2.10. The lowest BCUT2D eigenvalue weighted by molar-refractivity contribution is 0.356. The number of nitrogens with one attached hydrogen (secondary N) is 1. The smallest absolute Gasteiger partial charge is 0.256 e. The average molecular weight is 390 g/mol. The molecule has 0 aliphatic carbocycles. The maximum Gasteiger partial charge on any atom is 0.256 e. The monoisotopic (exact) mass is 390 g/mol. The highest BCUT2D eigenvalue weighted by Gasteiger charge is 2.10. The van der Waals surface area contributed by atoms with Crippen LogP contribution < -0.4 is 15.0 Å². The van der Waals surface area contributed by atoms with Gasteiger partial charge in [0.25, 0.3) is 5.56 Å². The quantitative estimate of drug-likeness (QED) is 0.565. The molecule has 0 amide bonds.